The third kappa shape index (κ3) is 3.49. The maximum Gasteiger partial charge on any atom is 0.129 e. The zero-order valence-corrected chi connectivity index (χ0v) is 15.0. The highest BCUT2D eigenvalue weighted by atomic mass is 79.9. The molecule has 0 radical (unpaired) electrons. The van der Waals surface area contributed by atoms with E-state index in [1.54, 1.807) is 12.1 Å². The first-order valence-electron chi connectivity index (χ1n) is 5.76. The summed E-state index contributed by atoms with van der Waals surface area (Å²) in [7, 11) is 0. The molecule has 0 bridgehead atoms. The highest BCUT2D eigenvalue weighted by Gasteiger charge is 2.22. The van der Waals surface area contributed by atoms with Crippen LogP contribution in [0.3, 0.4) is 0 Å². The number of halogens is 5. The molecular weight excluding hydrogens is 407 g/mol. The monoisotopic (exact) mass is 415 g/mol. The summed E-state index contributed by atoms with van der Waals surface area (Å²) in [5.41, 5.74) is 1.19. The van der Waals surface area contributed by atoms with Crippen LogP contribution < -0.4 is 5.32 Å². The van der Waals surface area contributed by atoms with Crippen molar-refractivity contribution in [2.45, 2.75) is 13.0 Å². The second-order valence-electron chi connectivity index (χ2n) is 4.06. The van der Waals surface area contributed by atoms with Gasteiger partial charge in [0.1, 0.15) is 5.82 Å². The van der Waals surface area contributed by atoms with Gasteiger partial charge in [0.15, 0.2) is 0 Å². The summed E-state index contributed by atoms with van der Waals surface area (Å²) in [5.74, 6) is -0.356. The Morgan fingerprint density at radius 2 is 1.95 bits per heavy atom. The first-order valence-corrected chi connectivity index (χ1v) is 8.51. The number of hydrogen-bond acceptors (Lipinski definition) is 2. The average Bonchev–Trinajstić information content (AvgIpc) is 2.70. The van der Waals surface area contributed by atoms with Crippen LogP contribution in [-0.4, -0.2) is 6.54 Å². The van der Waals surface area contributed by atoms with Gasteiger partial charge in [0.25, 0.3) is 0 Å². The minimum absolute atomic E-state index is 0.356. The van der Waals surface area contributed by atoms with Gasteiger partial charge in [0.05, 0.1) is 19.7 Å². The standard InChI is InChI=1S/C13H10BrCl3FNS/c1-2-19-12(7-4-11(16)20-13(7)17)6-3-9(15)8(14)5-10(6)18/h3-5,12,19H,2H2,1H3. The van der Waals surface area contributed by atoms with Gasteiger partial charge < -0.3 is 5.32 Å². The largest absolute Gasteiger partial charge is 0.306 e. The van der Waals surface area contributed by atoms with Crippen molar-refractivity contribution in [1.29, 1.82) is 0 Å². The minimum Gasteiger partial charge on any atom is -0.306 e. The summed E-state index contributed by atoms with van der Waals surface area (Å²) >= 11 is 22.7. The summed E-state index contributed by atoms with van der Waals surface area (Å²) < 4.78 is 15.9. The third-order valence-corrected chi connectivity index (χ3v) is 5.47. The van der Waals surface area contributed by atoms with Crippen LogP contribution in [0.1, 0.15) is 24.1 Å². The van der Waals surface area contributed by atoms with E-state index in [0.717, 1.165) is 5.56 Å². The van der Waals surface area contributed by atoms with Crippen LogP contribution in [0.5, 0.6) is 0 Å². The SMILES string of the molecule is CCNC(c1cc(Cl)c(Br)cc1F)c1cc(Cl)sc1Cl. The van der Waals surface area contributed by atoms with E-state index in [-0.39, 0.29) is 11.9 Å². The summed E-state index contributed by atoms with van der Waals surface area (Å²) in [6.45, 7) is 2.59. The molecule has 0 aliphatic carbocycles. The van der Waals surface area contributed by atoms with Crippen molar-refractivity contribution in [2.75, 3.05) is 6.54 Å². The number of thiophene rings is 1. The fourth-order valence-electron chi connectivity index (χ4n) is 1.90. The van der Waals surface area contributed by atoms with Crippen LogP contribution in [0.2, 0.25) is 13.7 Å². The van der Waals surface area contributed by atoms with Gasteiger partial charge in [-0.3, -0.25) is 0 Å². The number of hydrogen-bond donors (Lipinski definition) is 1. The summed E-state index contributed by atoms with van der Waals surface area (Å²) in [6, 6.07) is 4.30. The maximum atomic E-state index is 14.2. The van der Waals surface area contributed by atoms with E-state index < -0.39 is 0 Å². The molecule has 0 fully saturated rings. The minimum atomic E-state index is -0.387. The van der Waals surface area contributed by atoms with Crippen molar-refractivity contribution < 1.29 is 4.39 Å². The lowest BCUT2D eigenvalue weighted by Gasteiger charge is -2.19. The second kappa shape index (κ2) is 6.95. The van der Waals surface area contributed by atoms with E-state index in [2.05, 4.69) is 21.2 Å². The Hall–Kier alpha value is 0.160. The molecule has 0 aliphatic rings. The lowest BCUT2D eigenvalue weighted by molar-refractivity contribution is 0.559. The fourth-order valence-corrected chi connectivity index (χ4v) is 3.92. The molecule has 2 rings (SSSR count). The van der Waals surface area contributed by atoms with Gasteiger partial charge in [-0.15, -0.1) is 11.3 Å². The van der Waals surface area contributed by atoms with E-state index in [4.69, 9.17) is 34.8 Å². The Morgan fingerprint density at radius 3 is 2.50 bits per heavy atom. The van der Waals surface area contributed by atoms with E-state index in [1.807, 2.05) is 6.92 Å². The molecule has 7 heteroatoms. The molecular formula is C13H10BrCl3FNS. The van der Waals surface area contributed by atoms with Gasteiger partial charge in [-0.1, -0.05) is 41.7 Å². The van der Waals surface area contributed by atoms with Crippen LogP contribution in [-0.2, 0) is 0 Å². The Labute approximate surface area is 144 Å². The first-order chi connectivity index (χ1) is 9.43. The van der Waals surface area contributed by atoms with Crippen molar-refractivity contribution in [3.05, 3.63) is 53.3 Å². The van der Waals surface area contributed by atoms with E-state index in [0.29, 0.717) is 30.3 Å². The van der Waals surface area contributed by atoms with Crippen molar-refractivity contribution >= 4 is 62.1 Å². The molecule has 0 saturated carbocycles. The van der Waals surface area contributed by atoms with Crippen LogP contribution in [0.25, 0.3) is 0 Å². The topological polar surface area (TPSA) is 12.0 Å². The Bertz CT molecular complexity index is 632. The van der Waals surface area contributed by atoms with E-state index >= 15 is 0 Å². The number of rotatable bonds is 4. The molecule has 0 aliphatic heterocycles. The summed E-state index contributed by atoms with van der Waals surface area (Å²) in [6.07, 6.45) is 0. The van der Waals surface area contributed by atoms with Crippen molar-refractivity contribution in [3.8, 4) is 0 Å². The zero-order chi connectivity index (χ0) is 14.9. The van der Waals surface area contributed by atoms with Crippen molar-refractivity contribution in [1.82, 2.24) is 5.32 Å². The van der Waals surface area contributed by atoms with Gasteiger partial charge in [-0.05, 0) is 40.7 Å². The van der Waals surface area contributed by atoms with Crippen molar-refractivity contribution in [3.63, 3.8) is 0 Å². The van der Waals surface area contributed by atoms with Crippen molar-refractivity contribution in [2.24, 2.45) is 0 Å². The van der Waals surface area contributed by atoms with E-state index in [9.17, 15) is 4.39 Å². The van der Waals surface area contributed by atoms with Crippen LogP contribution in [0, 0.1) is 5.82 Å². The second-order valence-corrected chi connectivity index (χ2v) is 7.61. The number of benzene rings is 1. The maximum absolute atomic E-state index is 14.2. The molecule has 1 atom stereocenters. The normalized spacial score (nSPS) is 12.7. The van der Waals surface area contributed by atoms with Gasteiger partial charge in [0, 0.05) is 15.6 Å². The zero-order valence-electron chi connectivity index (χ0n) is 10.3. The molecule has 0 spiro atoms. The molecule has 1 N–H and O–H groups in total. The van der Waals surface area contributed by atoms with Crippen LogP contribution in [0.4, 0.5) is 4.39 Å². The average molecular weight is 418 g/mol. The highest BCUT2D eigenvalue weighted by Crippen LogP contribution is 2.39. The Morgan fingerprint density at radius 1 is 1.25 bits per heavy atom. The van der Waals surface area contributed by atoms with Crippen LogP contribution in [0.15, 0.2) is 22.7 Å². The number of nitrogens with one attached hydrogen (secondary N) is 1. The molecule has 1 aromatic heterocycles. The Balaban J connectivity index is 2.54. The molecule has 20 heavy (non-hydrogen) atoms. The van der Waals surface area contributed by atoms with Gasteiger partial charge in [-0.25, -0.2) is 4.39 Å². The predicted octanol–water partition coefficient (Wildman–Crippen LogP) is 6.31. The van der Waals surface area contributed by atoms with Gasteiger partial charge in [-0.2, -0.15) is 0 Å². The smallest absolute Gasteiger partial charge is 0.129 e. The van der Waals surface area contributed by atoms with Gasteiger partial charge >= 0.3 is 0 Å². The third-order valence-electron chi connectivity index (χ3n) is 2.75. The molecule has 2 aromatic rings. The molecule has 0 saturated heterocycles. The molecule has 1 heterocycles. The quantitative estimate of drug-likeness (QED) is 0.575. The van der Waals surface area contributed by atoms with Gasteiger partial charge in [0.2, 0.25) is 0 Å². The summed E-state index contributed by atoms with van der Waals surface area (Å²) in [4.78, 5) is 0. The predicted molar refractivity (Wildman–Crippen MR) is 89.0 cm³/mol. The molecule has 108 valence electrons. The Kier molecular flexibility index (Phi) is 5.74. The fraction of sp³-hybridized carbons (Fsp3) is 0.231. The molecule has 0 amide bonds. The lowest BCUT2D eigenvalue weighted by atomic mass is 10.0. The van der Waals surface area contributed by atoms with E-state index in [1.165, 1.54) is 17.4 Å². The molecule has 1 unspecified atom stereocenters. The lowest BCUT2D eigenvalue weighted by Crippen LogP contribution is -2.22. The molecule has 1 aromatic carbocycles. The highest BCUT2D eigenvalue weighted by molar-refractivity contribution is 9.10. The molecule has 1 nitrogen and oxygen atoms in total. The van der Waals surface area contributed by atoms with Crippen LogP contribution >= 0.6 is 62.1 Å². The summed E-state index contributed by atoms with van der Waals surface area (Å²) in [5, 5.41) is 3.65. The first kappa shape index (κ1) is 16.5.